The third kappa shape index (κ3) is 3.81. The normalized spacial score (nSPS) is 12.2. The van der Waals surface area contributed by atoms with Crippen molar-refractivity contribution in [1.29, 1.82) is 0 Å². The number of carbonyl (C=O) groups excluding carboxylic acids is 1. The first-order valence-corrected chi connectivity index (χ1v) is 5.62. The minimum Gasteiger partial charge on any atom is -0.391 e. The Morgan fingerprint density at radius 3 is 2.72 bits per heavy atom. The number of nitrogens with one attached hydrogen (secondary N) is 1. The number of rotatable bonds is 5. The van der Waals surface area contributed by atoms with E-state index in [1.54, 1.807) is 0 Å². The largest absolute Gasteiger partial charge is 0.391 e. The number of carbonyl (C=O) groups is 1. The number of nitro benzene ring substituents is 1. The summed E-state index contributed by atoms with van der Waals surface area (Å²) in [6.45, 7) is 3.80. The zero-order valence-corrected chi connectivity index (χ0v) is 10.3. The second-order valence-corrected chi connectivity index (χ2v) is 4.33. The number of aliphatic hydroxyl groups is 1. The van der Waals surface area contributed by atoms with Gasteiger partial charge in [0, 0.05) is 24.2 Å². The summed E-state index contributed by atoms with van der Waals surface area (Å²) in [5.74, 6) is -0.395. The van der Waals surface area contributed by atoms with Crippen molar-refractivity contribution in [3.63, 3.8) is 0 Å². The minimum atomic E-state index is -0.632. The van der Waals surface area contributed by atoms with Crippen molar-refractivity contribution in [3.05, 3.63) is 39.9 Å². The molecule has 0 aromatic heterocycles. The van der Waals surface area contributed by atoms with Gasteiger partial charge in [-0.2, -0.15) is 0 Å². The second-order valence-electron chi connectivity index (χ2n) is 4.33. The lowest BCUT2D eigenvalue weighted by atomic mass is 10.1. The van der Waals surface area contributed by atoms with Gasteiger partial charge in [-0.3, -0.25) is 14.9 Å². The number of nitrogens with zero attached hydrogens (tertiary/aromatic N) is 1. The molecule has 1 atom stereocenters. The minimum absolute atomic E-state index is 0.0374. The van der Waals surface area contributed by atoms with Crippen LogP contribution in [0.3, 0.4) is 0 Å². The molecule has 1 rings (SSSR count). The van der Waals surface area contributed by atoms with E-state index in [4.69, 9.17) is 0 Å². The molecule has 6 heteroatoms. The fraction of sp³-hybridized carbons (Fsp3) is 0.417. The van der Waals surface area contributed by atoms with E-state index in [0.717, 1.165) is 0 Å². The molecule has 98 valence electrons. The van der Waals surface area contributed by atoms with E-state index < -0.39 is 16.9 Å². The summed E-state index contributed by atoms with van der Waals surface area (Å²) in [5.41, 5.74) is 0.0761. The van der Waals surface area contributed by atoms with Gasteiger partial charge in [-0.05, 0) is 12.0 Å². The lowest BCUT2D eigenvalue weighted by Crippen LogP contribution is -2.34. The predicted molar refractivity (Wildman–Crippen MR) is 66.3 cm³/mol. The zero-order valence-electron chi connectivity index (χ0n) is 10.3. The smallest absolute Gasteiger partial charge is 0.270 e. The molecule has 6 nitrogen and oxygen atoms in total. The molecule has 1 amide bonds. The predicted octanol–water partition coefficient (Wildman–Crippen LogP) is 1.34. The van der Waals surface area contributed by atoms with Crippen molar-refractivity contribution < 1.29 is 14.8 Å². The molecule has 0 saturated carbocycles. The number of hydrogen-bond acceptors (Lipinski definition) is 4. The first kappa shape index (κ1) is 14.1. The summed E-state index contributed by atoms with van der Waals surface area (Å²) in [7, 11) is 0. The second kappa shape index (κ2) is 6.11. The van der Waals surface area contributed by atoms with E-state index in [2.05, 4.69) is 5.32 Å². The molecular weight excluding hydrogens is 236 g/mol. The van der Waals surface area contributed by atoms with Crippen LogP contribution in [-0.4, -0.2) is 28.6 Å². The highest BCUT2D eigenvalue weighted by Crippen LogP contribution is 2.12. The van der Waals surface area contributed by atoms with E-state index >= 15 is 0 Å². The molecule has 0 saturated heterocycles. The van der Waals surface area contributed by atoms with Gasteiger partial charge in [0.2, 0.25) is 0 Å². The van der Waals surface area contributed by atoms with Gasteiger partial charge in [0.1, 0.15) is 0 Å². The quantitative estimate of drug-likeness (QED) is 0.611. The maximum Gasteiger partial charge on any atom is 0.270 e. The van der Waals surface area contributed by atoms with Gasteiger partial charge in [-0.1, -0.05) is 19.9 Å². The van der Waals surface area contributed by atoms with Crippen molar-refractivity contribution >= 4 is 11.6 Å². The fourth-order valence-corrected chi connectivity index (χ4v) is 1.30. The van der Waals surface area contributed by atoms with Crippen LogP contribution in [0.1, 0.15) is 24.2 Å². The Hall–Kier alpha value is -1.95. The molecule has 0 fully saturated rings. The Balaban J connectivity index is 2.67. The van der Waals surface area contributed by atoms with E-state index in [0.29, 0.717) is 0 Å². The van der Waals surface area contributed by atoms with Crippen LogP contribution >= 0.6 is 0 Å². The summed E-state index contributed by atoms with van der Waals surface area (Å²) in [6.07, 6.45) is -0.632. The number of nitro groups is 1. The average Bonchev–Trinajstić information content (AvgIpc) is 2.35. The molecule has 0 aliphatic carbocycles. The molecule has 0 aliphatic rings. The lowest BCUT2D eigenvalue weighted by molar-refractivity contribution is -0.384. The Labute approximate surface area is 105 Å². The van der Waals surface area contributed by atoms with Crippen molar-refractivity contribution in [2.45, 2.75) is 20.0 Å². The molecule has 1 unspecified atom stereocenters. The molecule has 0 heterocycles. The third-order valence-corrected chi connectivity index (χ3v) is 2.56. The maximum atomic E-state index is 11.7. The van der Waals surface area contributed by atoms with Gasteiger partial charge >= 0.3 is 0 Å². The number of hydrogen-bond donors (Lipinski definition) is 2. The number of aliphatic hydroxyl groups excluding tert-OH is 1. The van der Waals surface area contributed by atoms with Gasteiger partial charge in [-0.25, -0.2) is 0 Å². The van der Waals surface area contributed by atoms with Gasteiger partial charge in [-0.15, -0.1) is 0 Å². The van der Waals surface area contributed by atoms with Gasteiger partial charge < -0.3 is 10.4 Å². The fourth-order valence-electron chi connectivity index (χ4n) is 1.30. The summed E-state index contributed by atoms with van der Waals surface area (Å²) >= 11 is 0. The highest BCUT2D eigenvalue weighted by molar-refractivity contribution is 5.94. The van der Waals surface area contributed by atoms with E-state index in [1.807, 2.05) is 13.8 Å². The third-order valence-electron chi connectivity index (χ3n) is 2.56. The monoisotopic (exact) mass is 252 g/mol. The van der Waals surface area contributed by atoms with Gasteiger partial charge in [0.15, 0.2) is 0 Å². The van der Waals surface area contributed by atoms with Crippen LogP contribution in [0.15, 0.2) is 24.3 Å². The number of non-ortho nitro benzene ring substituents is 1. The molecule has 2 N–H and O–H groups in total. The Morgan fingerprint density at radius 1 is 1.50 bits per heavy atom. The summed E-state index contributed by atoms with van der Waals surface area (Å²) in [6, 6.07) is 5.47. The average molecular weight is 252 g/mol. The summed E-state index contributed by atoms with van der Waals surface area (Å²) in [5, 5.41) is 22.6. The zero-order chi connectivity index (χ0) is 13.7. The highest BCUT2D eigenvalue weighted by Gasteiger charge is 2.14. The Morgan fingerprint density at radius 2 is 2.17 bits per heavy atom. The first-order chi connectivity index (χ1) is 8.41. The van der Waals surface area contributed by atoms with Crippen molar-refractivity contribution in [2.24, 2.45) is 5.92 Å². The molecular formula is C12H16N2O4. The first-order valence-electron chi connectivity index (χ1n) is 5.62. The number of benzene rings is 1. The van der Waals surface area contributed by atoms with Crippen LogP contribution in [0.25, 0.3) is 0 Å². The van der Waals surface area contributed by atoms with Crippen LogP contribution in [0.5, 0.6) is 0 Å². The molecule has 1 aromatic rings. The van der Waals surface area contributed by atoms with Crippen LogP contribution in [0, 0.1) is 16.0 Å². The van der Waals surface area contributed by atoms with E-state index in [1.165, 1.54) is 24.3 Å². The topological polar surface area (TPSA) is 92.5 Å². The Bertz CT molecular complexity index is 445. The highest BCUT2D eigenvalue weighted by atomic mass is 16.6. The molecule has 18 heavy (non-hydrogen) atoms. The van der Waals surface area contributed by atoms with E-state index in [-0.39, 0.29) is 23.7 Å². The van der Waals surface area contributed by atoms with Crippen LogP contribution in [0.4, 0.5) is 5.69 Å². The molecule has 0 bridgehead atoms. The van der Waals surface area contributed by atoms with Crippen molar-refractivity contribution in [1.82, 2.24) is 5.32 Å². The van der Waals surface area contributed by atoms with Crippen molar-refractivity contribution in [3.8, 4) is 0 Å². The Kier molecular flexibility index (Phi) is 4.79. The van der Waals surface area contributed by atoms with Crippen LogP contribution in [0.2, 0.25) is 0 Å². The maximum absolute atomic E-state index is 11.7. The van der Waals surface area contributed by atoms with Gasteiger partial charge in [0.25, 0.3) is 11.6 Å². The van der Waals surface area contributed by atoms with E-state index in [9.17, 15) is 20.0 Å². The molecule has 1 aromatic carbocycles. The van der Waals surface area contributed by atoms with Crippen LogP contribution in [-0.2, 0) is 0 Å². The standard InChI is InChI=1S/C12H16N2O4/c1-8(2)11(15)7-13-12(16)9-4-3-5-10(6-9)14(17)18/h3-6,8,11,15H,7H2,1-2H3,(H,13,16). The lowest BCUT2D eigenvalue weighted by Gasteiger charge is -2.14. The molecule has 0 radical (unpaired) electrons. The molecule has 0 aliphatic heterocycles. The SMILES string of the molecule is CC(C)C(O)CNC(=O)c1cccc([N+](=O)[O-])c1. The molecule has 0 spiro atoms. The summed E-state index contributed by atoms with van der Waals surface area (Å²) < 4.78 is 0. The summed E-state index contributed by atoms with van der Waals surface area (Å²) in [4.78, 5) is 21.7. The van der Waals surface area contributed by atoms with Crippen LogP contribution < -0.4 is 5.32 Å². The number of amides is 1. The van der Waals surface area contributed by atoms with Gasteiger partial charge in [0.05, 0.1) is 11.0 Å². The van der Waals surface area contributed by atoms with Crippen molar-refractivity contribution in [2.75, 3.05) is 6.54 Å².